The first-order chi connectivity index (χ1) is 15.4. The zero-order valence-corrected chi connectivity index (χ0v) is 19.7. The number of ether oxygens (including phenoxy) is 2. The summed E-state index contributed by atoms with van der Waals surface area (Å²) in [7, 11) is 1.60. The number of aliphatic imine (C=N–C) groups is 1. The van der Waals surface area contributed by atoms with Gasteiger partial charge in [0.2, 0.25) is 5.91 Å². The number of fused-ring (bicyclic) bond motifs is 1. The van der Waals surface area contributed by atoms with Gasteiger partial charge in [0, 0.05) is 17.8 Å². The van der Waals surface area contributed by atoms with E-state index >= 15 is 0 Å². The first kappa shape index (κ1) is 23.7. The highest BCUT2D eigenvalue weighted by Crippen LogP contribution is 2.46. The number of amides is 1. The molecule has 1 aromatic carbocycles. The minimum atomic E-state index is -0.532. The van der Waals surface area contributed by atoms with E-state index in [4.69, 9.17) is 9.47 Å². The smallest absolute Gasteiger partial charge is 0.338 e. The summed E-state index contributed by atoms with van der Waals surface area (Å²) in [5, 5.41) is 5.59. The van der Waals surface area contributed by atoms with Gasteiger partial charge in [0.1, 0.15) is 12.4 Å². The molecule has 1 N–H and O–H groups in total. The Morgan fingerprint density at radius 2 is 2.09 bits per heavy atom. The number of thioether (sulfide) groups is 1. The number of carbonyl (C=O) groups is 2. The Balaban J connectivity index is 2.02. The van der Waals surface area contributed by atoms with Crippen LogP contribution in [0, 0.1) is 5.92 Å². The molecule has 2 aliphatic rings. The number of carbonyl (C=O) groups excluding carboxylic acids is 2. The van der Waals surface area contributed by atoms with Gasteiger partial charge >= 0.3 is 5.97 Å². The molecular weight excluding hydrogens is 426 g/mol. The van der Waals surface area contributed by atoms with E-state index in [1.807, 2.05) is 48.4 Å². The highest BCUT2D eigenvalue weighted by molar-refractivity contribution is 8.16. The van der Waals surface area contributed by atoms with Gasteiger partial charge in [-0.1, -0.05) is 56.5 Å². The molecular formula is C24H29N3O4S. The largest absolute Gasteiger partial charge is 0.496 e. The van der Waals surface area contributed by atoms with Crippen LogP contribution in [0.1, 0.15) is 38.8 Å². The van der Waals surface area contributed by atoms with E-state index in [1.54, 1.807) is 14.0 Å². The monoisotopic (exact) mass is 455 g/mol. The van der Waals surface area contributed by atoms with Crippen LogP contribution in [0.15, 0.2) is 64.3 Å². The van der Waals surface area contributed by atoms with Crippen molar-refractivity contribution in [2.45, 2.75) is 33.2 Å². The Bertz CT molecular complexity index is 997. The predicted octanol–water partition coefficient (Wildman–Crippen LogP) is 4.16. The SMILES string of the molecule is C=CCOC(=O)C1=C(C)N=C2SC=C(CC(=O)NCC(C)C)N2C1c1ccccc1OC. The Morgan fingerprint density at radius 1 is 1.34 bits per heavy atom. The summed E-state index contributed by atoms with van der Waals surface area (Å²) in [6, 6.07) is 7.01. The molecule has 0 aromatic heterocycles. The average Bonchev–Trinajstić information content (AvgIpc) is 3.16. The highest BCUT2D eigenvalue weighted by atomic mass is 32.2. The molecule has 0 saturated carbocycles. The van der Waals surface area contributed by atoms with Crippen molar-refractivity contribution in [3.8, 4) is 5.75 Å². The summed E-state index contributed by atoms with van der Waals surface area (Å²) in [4.78, 5) is 32.3. The van der Waals surface area contributed by atoms with E-state index < -0.39 is 12.0 Å². The fourth-order valence-corrected chi connectivity index (χ4v) is 4.54. The molecule has 0 radical (unpaired) electrons. The summed E-state index contributed by atoms with van der Waals surface area (Å²) < 4.78 is 11.0. The molecule has 3 rings (SSSR count). The second-order valence-corrected chi connectivity index (χ2v) is 8.73. The Kier molecular flexibility index (Phi) is 7.80. The minimum absolute atomic E-state index is 0.0763. The van der Waals surface area contributed by atoms with E-state index in [2.05, 4.69) is 16.9 Å². The molecule has 2 heterocycles. The number of nitrogens with one attached hydrogen (secondary N) is 1. The van der Waals surface area contributed by atoms with Gasteiger partial charge in [0.25, 0.3) is 0 Å². The van der Waals surface area contributed by atoms with Crippen molar-refractivity contribution in [3.63, 3.8) is 0 Å². The molecule has 0 saturated heterocycles. The minimum Gasteiger partial charge on any atom is -0.496 e. The topological polar surface area (TPSA) is 80.2 Å². The molecule has 32 heavy (non-hydrogen) atoms. The van der Waals surface area contributed by atoms with Gasteiger partial charge in [-0.3, -0.25) is 4.79 Å². The Hall–Kier alpha value is -3.00. The third kappa shape index (κ3) is 5.07. The van der Waals surface area contributed by atoms with Crippen molar-refractivity contribution in [2.75, 3.05) is 20.3 Å². The Labute approximate surface area is 193 Å². The average molecular weight is 456 g/mol. The molecule has 0 spiro atoms. The van der Waals surface area contributed by atoms with Gasteiger partial charge in [0.15, 0.2) is 5.17 Å². The van der Waals surface area contributed by atoms with Crippen molar-refractivity contribution in [1.82, 2.24) is 10.2 Å². The van der Waals surface area contributed by atoms with E-state index in [1.165, 1.54) is 17.8 Å². The van der Waals surface area contributed by atoms with E-state index in [-0.39, 0.29) is 18.9 Å². The van der Waals surface area contributed by atoms with Crippen LogP contribution >= 0.6 is 11.8 Å². The number of methoxy groups -OCH3 is 1. The first-order valence-corrected chi connectivity index (χ1v) is 11.4. The predicted molar refractivity (Wildman–Crippen MR) is 127 cm³/mol. The number of hydrogen-bond donors (Lipinski definition) is 1. The molecule has 0 aliphatic carbocycles. The van der Waals surface area contributed by atoms with Gasteiger partial charge in [-0.2, -0.15) is 0 Å². The molecule has 1 unspecified atom stereocenters. The van der Waals surface area contributed by atoms with E-state index in [9.17, 15) is 9.59 Å². The van der Waals surface area contributed by atoms with Crippen molar-refractivity contribution < 1.29 is 19.1 Å². The highest BCUT2D eigenvalue weighted by Gasteiger charge is 2.42. The maximum atomic E-state index is 13.1. The lowest BCUT2D eigenvalue weighted by Gasteiger charge is -2.36. The normalized spacial score (nSPS) is 17.5. The lowest BCUT2D eigenvalue weighted by atomic mass is 9.93. The third-order valence-corrected chi connectivity index (χ3v) is 5.92. The van der Waals surface area contributed by atoms with Crippen molar-refractivity contribution >= 4 is 28.8 Å². The zero-order valence-electron chi connectivity index (χ0n) is 18.9. The third-order valence-electron chi connectivity index (χ3n) is 5.04. The molecule has 2 aliphatic heterocycles. The first-order valence-electron chi connectivity index (χ1n) is 10.5. The number of benzene rings is 1. The van der Waals surface area contributed by atoms with Crippen LogP contribution in [-0.4, -0.2) is 42.2 Å². The number of allylic oxidation sites excluding steroid dienone is 1. The van der Waals surface area contributed by atoms with Crippen molar-refractivity contribution in [1.29, 1.82) is 0 Å². The number of rotatable bonds is 9. The lowest BCUT2D eigenvalue weighted by Crippen LogP contribution is -2.38. The van der Waals surface area contributed by atoms with Crippen LogP contribution in [0.3, 0.4) is 0 Å². The van der Waals surface area contributed by atoms with Crippen LogP contribution in [0.2, 0.25) is 0 Å². The van der Waals surface area contributed by atoms with Gasteiger partial charge in [-0.05, 0) is 24.3 Å². The molecule has 7 nitrogen and oxygen atoms in total. The van der Waals surface area contributed by atoms with Crippen LogP contribution in [0.25, 0.3) is 0 Å². The fourth-order valence-electron chi connectivity index (χ4n) is 3.57. The molecule has 1 atom stereocenters. The fraction of sp³-hybridized carbons (Fsp3) is 0.375. The molecule has 0 bridgehead atoms. The Morgan fingerprint density at radius 3 is 2.78 bits per heavy atom. The molecule has 1 amide bonds. The number of nitrogens with zero attached hydrogens (tertiary/aromatic N) is 2. The standard InChI is InChI=1S/C24H29N3O4S/c1-6-11-31-23(29)21-16(4)26-24-27(22(21)18-9-7-8-10-19(18)30-5)17(14-32-24)12-20(28)25-13-15(2)3/h6-10,14-15,22H,1,11-13H2,2-5H3,(H,25,28). The van der Waals surface area contributed by atoms with E-state index in [0.717, 1.165) is 11.3 Å². The molecule has 1 aromatic rings. The number of hydrogen-bond acceptors (Lipinski definition) is 7. The van der Waals surface area contributed by atoms with Crippen molar-refractivity contribution in [3.05, 3.63) is 64.9 Å². The number of esters is 1. The zero-order chi connectivity index (χ0) is 23.3. The molecule has 170 valence electrons. The summed E-state index contributed by atoms with van der Waals surface area (Å²) in [5.74, 6) is 0.450. The summed E-state index contributed by atoms with van der Waals surface area (Å²) >= 11 is 1.44. The molecule has 0 fully saturated rings. The second kappa shape index (κ2) is 10.5. The summed E-state index contributed by atoms with van der Waals surface area (Å²) in [5.41, 5.74) is 2.56. The number of amidine groups is 1. The van der Waals surface area contributed by atoms with Crippen LogP contribution < -0.4 is 10.1 Å². The van der Waals surface area contributed by atoms with Crippen molar-refractivity contribution in [2.24, 2.45) is 10.9 Å². The van der Waals surface area contributed by atoms with Crippen LogP contribution in [-0.2, 0) is 14.3 Å². The van der Waals surface area contributed by atoms with Crippen LogP contribution in [0.5, 0.6) is 5.75 Å². The quantitative estimate of drug-likeness (QED) is 0.445. The molecule has 8 heteroatoms. The summed E-state index contributed by atoms with van der Waals surface area (Å²) in [6.45, 7) is 10.2. The van der Waals surface area contributed by atoms with Crippen LogP contribution in [0.4, 0.5) is 0 Å². The maximum Gasteiger partial charge on any atom is 0.338 e. The maximum absolute atomic E-state index is 13.1. The lowest BCUT2D eigenvalue weighted by molar-refractivity contribution is -0.138. The number of para-hydroxylation sites is 1. The van der Waals surface area contributed by atoms with Gasteiger partial charge < -0.3 is 19.7 Å². The second-order valence-electron chi connectivity index (χ2n) is 7.90. The van der Waals surface area contributed by atoms with E-state index in [0.29, 0.717) is 34.6 Å². The van der Waals surface area contributed by atoms with Gasteiger partial charge in [-0.15, -0.1) is 0 Å². The summed E-state index contributed by atoms with van der Waals surface area (Å²) in [6.07, 6.45) is 1.71. The van der Waals surface area contributed by atoms with Gasteiger partial charge in [-0.25, -0.2) is 9.79 Å². The van der Waals surface area contributed by atoms with Gasteiger partial charge in [0.05, 0.1) is 30.8 Å².